The molecule has 4 nitrogen and oxygen atoms in total. The number of phenols is 1. The number of nitrogens with zero attached hydrogens (tertiary/aromatic N) is 1. The second-order valence-corrected chi connectivity index (χ2v) is 5.15. The van der Waals surface area contributed by atoms with E-state index in [1.54, 1.807) is 18.3 Å². The molecule has 2 N–H and O–H groups in total. The Bertz CT molecular complexity index is 688. The minimum Gasteiger partial charge on any atom is -0.503 e. The highest BCUT2D eigenvalue weighted by molar-refractivity contribution is 6.32. The Morgan fingerprint density at radius 3 is 2.71 bits per heavy atom. The van der Waals surface area contributed by atoms with E-state index < -0.39 is 0 Å². The van der Waals surface area contributed by atoms with Crippen LogP contribution in [0.15, 0.2) is 35.4 Å². The zero-order chi connectivity index (χ0) is 15.4. The lowest BCUT2D eigenvalue weighted by molar-refractivity contribution is 0.373. The van der Waals surface area contributed by atoms with Crippen molar-refractivity contribution in [2.24, 2.45) is 5.10 Å². The van der Waals surface area contributed by atoms with E-state index in [1.807, 2.05) is 25.1 Å². The van der Waals surface area contributed by atoms with Crippen LogP contribution in [0.5, 0.6) is 11.5 Å². The average Bonchev–Trinajstić information content (AvgIpc) is 2.47. The van der Waals surface area contributed by atoms with E-state index in [9.17, 15) is 5.11 Å². The molecule has 2 aromatic carbocycles. The smallest absolute Gasteiger partial charge is 0.176 e. The Labute approximate surface area is 133 Å². The van der Waals surface area contributed by atoms with Gasteiger partial charge in [0, 0.05) is 5.02 Å². The molecule has 0 amide bonds. The van der Waals surface area contributed by atoms with Crippen LogP contribution in [-0.4, -0.2) is 18.4 Å². The molecule has 21 heavy (non-hydrogen) atoms. The van der Waals surface area contributed by atoms with Crippen LogP contribution in [0, 0.1) is 6.92 Å². The molecule has 0 radical (unpaired) electrons. The van der Waals surface area contributed by atoms with Crippen LogP contribution in [0.25, 0.3) is 0 Å². The number of hydrogen-bond acceptors (Lipinski definition) is 4. The van der Waals surface area contributed by atoms with Crippen LogP contribution in [0.2, 0.25) is 10.0 Å². The summed E-state index contributed by atoms with van der Waals surface area (Å²) < 4.78 is 5.03. The molecule has 2 aromatic rings. The maximum atomic E-state index is 9.66. The second kappa shape index (κ2) is 6.70. The van der Waals surface area contributed by atoms with Gasteiger partial charge in [-0.15, -0.1) is 0 Å². The molecule has 0 aliphatic rings. The molecule has 0 unspecified atom stereocenters. The highest BCUT2D eigenvalue weighted by atomic mass is 35.5. The van der Waals surface area contributed by atoms with Gasteiger partial charge in [-0.05, 0) is 42.3 Å². The third-order valence-electron chi connectivity index (χ3n) is 2.94. The number of aromatic hydroxyl groups is 1. The summed E-state index contributed by atoms with van der Waals surface area (Å²) in [6.45, 7) is 1.90. The molecule has 6 heteroatoms. The summed E-state index contributed by atoms with van der Waals surface area (Å²) in [4.78, 5) is 0. The number of hydrogen-bond donors (Lipinski definition) is 2. The summed E-state index contributed by atoms with van der Waals surface area (Å²) in [6.07, 6.45) is 1.58. The normalized spacial score (nSPS) is 10.9. The van der Waals surface area contributed by atoms with E-state index in [4.69, 9.17) is 27.9 Å². The number of rotatable bonds is 4. The standard InChI is InChI=1S/C15H14Cl2N2O2/c1-9-11(16)4-3-5-13(9)19-18-8-10-6-12(17)15(20)14(7-10)21-2/h3-8,19-20H,1-2H3. The number of anilines is 1. The van der Waals surface area contributed by atoms with Gasteiger partial charge in [-0.1, -0.05) is 29.3 Å². The van der Waals surface area contributed by atoms with Gasteiger partial charge in [-0.2, -0.15) is 5.10 Å². The molecule has 0 bridgehead atoms. The van der Waals surface area contributed by atoms with Gasteiger partial charge in [-0.3, -0.25) is 5.43 Å². The van der Waals surface area contributed by atoms with E-state index in [0.29, 0.717) is 16.3 Å². The van der Waals surface area contributed by atoms with Crippen molar-refractivity contribution in [3.63, 3.8) is 0 Å². The Hall–Kier alpha value is -1.91. The number of ether oxygens (including phenoxy) is 1. The molecule has 0 heterocycles. The fraction of sp³-hybridized carbons (Fsp3) is 0.133. The van der Waals surface area contributed by atoms with Crippen molar-refractivity contribution in [3.8, 4) is 11.5 Å². The van der Waals surface area contributed by atoms with E-state index >= 15 is 0 Å². The van der Waals surface area contributed by atoms with Crippen molar-refractivity contribution in [2.45, 2.75) is 6.92 Å². The van der Waals surface area contributed by atoms with Gasteiger partial charge in [0.1, 0.15) is 0 Å². The third-order valence-corrected chi connectivity index (χ3v) is 3.63. The fourth-order valence-corrected chi connectivity index (χ4v) is 2.12. The number of hydrazone groups is 1. The Morgan fingerprint density at radius 1 is 1.24 bits per heavy atom. The lowest BCUT2D eigenvalue weighted by Crippen LogP contribution is -1.94. The van der Waals surface area contributed by atoms with E-state index in [2.05, 4.69) is 10.5 Å². The predicted molar refractivity (Wildman–Crippen MR) is 87.1 cm³/mol. The van der Waals surface area contributed by atoms with Crippen LogP contribution < -0.4 is 10.2 Å². The third kappa shape index (κ3) is 3.60. The number of benzene rings is 2. The summed E-state index contributed by atoms with van der Waals surface area (Å²) in [6, 6.07) is 8.76. The first-order chi connectivity index (χ1) is 10.0. The first kappa shape index (κ1) is 15.5. The molecule has 0 fully saturated rings. The van der Waals surface area contributed by atoms with Gasteiger partial charge < -0.3 is 9.84 Å². The quantitative estimate of drug-likeness (QED) is 0.644. The van der Waals surface area contributed by atoms with E-state index in [-0.39, 0.29) is 10.8 Å². The minimum atomic E-state index is -0.0880. The van der Waals surface area contributed by atoms with E-state index in [0.717, 1.165) is 11.3 Å². The lowest BCUT2D eigenvalue weighted by atomic mass is 10.2. The highest BCUT2D eigenvalue weighted by Gasteiger charge is 2.07. The Kier molecular flexibility index (Phi) is 4.94. The van der Waals surface area contributed by atoms with Crippen LogP contribution in [0.1, 0.15) is 11.1 Å². The number of methoxy groups -OCH3 is 1. The second-order valence-electron chi connectivity index (χ2n) is 4.34. The molecular formula is C15H14Cl2N2O2. The molecule has 0 spiro atoms. The Balaban J connectivity index is 2.18. The zero-order valence-electron chi connectivity index (χ0n) is 11.5. The maximum Gasteiger partial charge on any atom is 0.176 e. The van der Waals surface area contributed by atoms with Gasteiger partial charge >= 0.3 is 0 Å². The first-order valence-corrected chi connectivity index (χ1v) is 6.89. The van der Waals surface area contributed by atoms with Crippen molar-refractivity contribution in [1.82, 2.24) is 0 Å². The summed E-state index contributed by atoms with van der Waals surface area (Å²) >= 11 is 11.9. The first-order valence-electron chi connectivity index (χ1n) is 6.13. The summed E-state index contributed by atoms with van der Waals surface area (Å²) in [5, 5.41) is 14.7. The van der Waals surface area contributed by atoms with Crippen LogP contribution in [0.3, 0.4) is 0 Å². The van der Waals surface area contributed by atoms with Gasteiger partial charge in [0.2, 0.25) is 0 Å². The van der Waals surface area contributed by atoms with Crippen LogP contribution in [-0.2, 0) is 0 Å². The highest BCUT2D eigenvalue weighted by Crippen LogP contribution is 2.34. The number of phenolic OH excluding ortho intramolecular Hbond substituents is 1. The number of nitrogens with one attached hydrogen (secondary N) is 1. The van der Waals surface area contributed by atoms with Crippen molar-refractivity contribution in [3.05, 3.63) is 51.5 Å². The topological polar surface area (TPSA) is 53.8 Å². The minimum absolute atomic E-state index is 0.0880. The molecule has 0 aliphatic carbocycles. The lowest BCUT2D eigenvalue weighted by Gasteiger charge is -2.07. The van der Waals surface area contributed by atoms with Crippen molar-refractivity contribution in [2.75, 3.05) is 12.5 Å². The largest absolute Gasteiger partial charge is 0.503 e. The number of halogens is 2. The predicted octanol–water partition coefficient (Wildman–Crippen LogP) is 4.46. The van der Waals surface area contributed by atoms with Crippen LogP contribution >= 0.6 is 23.2 Å². The summed E-state index contributed by atoms with van der Waals surface area (Å²) in [5.74, 6) is 0.206. The zero-order valence-corrected chi connectivity index (χ0v) is 13.0. The summed E-state index contributed by atoms with van der Waals surface area (Å²) in [5.41, 5.74) is 5.34. The maximum absolute atomic E-state index is 9.66. The Morgan fingerprint density at radius 2 is 2.00 bits per heavy atom. The molecule has 110 valence electrons. The van der Waals surface area contributed by atoms with Gasteiger partial charge in [0.05, 0.1) is 24.0 Å². The van der Waals surface area contributed by atoms with Gasteiger partial charge in [0.25, 0.3) is 0 Å². The van der Waals surface area contributed by atoms with Gasteiger partial charge in [-0.25, -0.2) is 0 Å². The average molecular weight is 325 g/mol. The van der Waals surface area contributed by atoms with Crippen molar-refractivity contribution < 1.29 is 9.84 Å². The molecule has 0 atom stereocenters. The van der Waals surface area contributed by atoms with Crippen molar-refractivity contribution >= 4 is 35.1 Å². The molecule has 2 rings (SSSR count). The molecule has 0 aliphatic heterocycles. The van der Waals surface area contributed by atoms with Crippen LogP contribution in [0.4, 0.5) is 5.69 Å². The molecule has 0 aromatic heterocycles. The molecule has 0 saturated carbocycles. The monoisotopic (exact) mass is 324 g/mol. The molecule has 0 saturated heterocycles. The molecular weight excluding hydrogens is 311 g/mol. The SMILES string of the molecule is COc1cc(C=NNc2cccc(Cl)c2C)cc(Cl)c1O. The van der Waals surface area contributed by atoms with Gasteiger partial charge in [0.15, 0.2) is 11.5 Å². The fourth-order valence-electron chi connectivity index (χ4n) is 1.73. The summed E-state index contributed by atoms with van der Waals surface area (Å²) in [7, 11) is 1.46. The van der Waals surface area contributed by atoms with E-state index in [1.165, 1.54) is 7.11 Å². The van der Waals surface area contributed by atoms with Crippen molar-refractivity contribution in [1.29, 1.82) is 0 Å².